The van der Waals surface area contributed by atoms with Crippen LogP contribution in [0.2, 0.25) is 0 Å². The highest BCUT2D eigenvalue weighted by molar-refractivity contribution is 5.90. The molecule has 7 atom stereocenters. The van der Waals surface area contributed by atoms with E-state index in [2.05, 4.69) is 6.92 Å². The molecule has 26 heavy (non-hydrogen) atoms. The molecule has 1 spiro atoms. The van der Waals surface area contributed by atoms with E-state index < -0.39 is 33.6 Å². The van der Waals surface area contributed by atoms with Crippen LogP contribution in [-0.4, -0.2) is 29.2 Å². The van der Waals surface area contributed by atoms with Gasteiger partial charge in [0.05, 0.1) is 24.0 Å². The van der Waals surface area contributed by atoms with Gasteiger partial charge in [0.1, 0.15) is 22.7 Å². The number of cyclic esters (lactones) is 1. The second-order valence-electron chi connectivity index (χ2n) is 9.36. The van der Waals surface area contributed by atoms with E-state index in [1.165, 1.54) is 0 Å². The fourth-order valence-corrected chi connectivity index (χ4v) is 7.00. The van der Waals surface area contributed by atoms with Gasteiger partial charge < -0.3 is 18.6 Å². The van der Waals surface area contributed by atoms with Crippen LogP contribution in [0.25, 0.3) is 0 Å². The Kier molecular flexibility index (Phi) is 2.28. The maximum Gasteiger partial charge on any atom is 0.320 e. The van der Waals surface area contributed by atoms with E-state index in [1.54, 1.807) is 12.5 Å². The summed E-state index contributed by atoms with van der Waals surface area (Å²) in [6.07, 6.45) is 5.39. The fourth-order valence-electron chi connectivity index (χ4n) is 7.00. The highest BCUT2D eigenvalue weighted by Gasteiger charge is 2.93. The lowest BCUT2D eigenvalue weighted by Crippen LogP contribution is -2.67. The predicted octanol–water partition coefficient (Wildman–Crippen LogP) is 2.92. The van der Waals surface area contributed by atoms with Crippen molar-refractivity contribution in [2.75, 3.05) is 0 Å². The van der Waals surface area contributed by atoms with E-state index >= 15 is 0 Å². The molecule has 1 aromatic heterocycles. The first-order valence-corrected chi connectivity index (χ1v) is 9.39. The molecule has 3 saturated heterocycles. The van der Waals surface area contributed by atoms with Gasteiger partial charge in [0, 0.05) is 17.4 Å². The highest BCUT2D eigenvalue weighted by atomic mass is 16.6. The van der Waals surface area contributed by atoms with Gasteiger partial charge in [-0.2, -0.15) is 0 Å². The average Bonchev–Trinajstić information content (AvgIpc) is 2.99. The quantitative estimate of drug-likeness (QED) is 0.567. The van der Waals surface area contributed by atoms with Crippen LogP contribution in [0.3, 0.4) is 0 Å². The number of esters is 2. The molecule has 2 saturated carbocycles. The Labute approximate surface area is 151 Å². The first kappa shape index (κ1) is 15.3. The normalized spacial score (nSPS) is 56.3. The van der Waals surface area contributed by atoms with E-state index in [0.717, 1.165) is 18.4 Å². The fraction of sp³-hybridized carbons (Fsp3) is 0.700. The molecule has 5 aliphatic rings. The zero-order valence-corrected chi connectivity index (χ0v) is 15.2. The molecule has 2 bridgehead atoms. The summed E-state index contributed by atoms with van der Waals surface area (Å²) in [7, 11) is 0. The molecule has 0 N–H and O–H groups in total. The molecule has 6 heteroatoms. The van der Waals surface area contributed by atoms with Gasteiger partial charge in [-0.15, -0.1) is 0 Å². The zero-order valence-electron chi connectivity index (χ0n) is 15.2. The van der Waals surface area contributed by atoms with Crippen LogP contribution >= 0.6 is 0 Å². The summed E-state index contributed by atoms with van der Waals surface area (Å²) in [5, 5.41) is 0. The first-order chi connectivity index (χ1) is 12.2. The maximum absolute atomic E-state index is 13.5. The van der Waals surface area contributed by atoms with Crippen LogP contribution in [-0.2, 0) is 23.8 Å². The maximum atomic E-state index is 13.5. The number of rotatable bonds is 1. The minimum Gasteiger partial charge on any atom is -0.472 e. The van der Waals surface area contributed by atoms with E-state index in [0.29, 0.717) is 12.8 Å². The number of hydrogen-bond acceptors (Lipinski definition) is 6. The number of fused-ring (bicyclic) bond motifs is 2. The topological polar surface area (TPSA) is 78.3 Å². The molecule has 4 heterocycles. The van der Waals surface area contributed by atoms with Crippen molar-refractivity contribution < 1.29 is 28.2 Å². The van der Waals surface area contributed by atoms with Gasteiger partial charge in [0.25, 0.3) is 0 Å². The van der Waals surface area contributed by atoms with E-state index in [9.17, 15) is 9.59 Å². The molecule has 3 aliphatic heterocycles. The summed E-state index contributed by atoms with van der Waals surface area (Å²) in [5.74, 6) is -0.464. The Balaban J connectivity index is 1.57. The van der Waals surface area contributed by atoms with Crippen molar-refractivity contribution in [3.8, 4) is 0 Å². The first-order valence-electron chi connectivity index (χ1n) is 9.39. The lowest BCUT2D eigenvalue weighted by Gasteiger charge is -2.53. The summed E-state index contributed by atoms with van der Waals surface area (Å²) in [6, 6.07) is 1.82. The molecule has 0 amide bonds. The lowest BCUT2D eigenvalue weighted by molar-refractivity contribution is -0.200. The molecular weight excluding hydrogens is 336 g/mol. The minimum atomic E-state index is -0.969. The third-order valence-electron chi connectivity index (χ3n) is 8.88. The number of carbonyl (C=O) groups excluding carboxylic acids is 2. The van der Waals surface area contributed by atoms with Crippen molar-refractivity contribution in [1.29, 1.82) is 0 Å². The molecule has 6 rings (SSSR count). The monoisotopic (exact) mass is 358 g/mol. The third-order valence-corrected chi connectivity index (χ3v) is 8.88. The van der Waals surface area contributed by atoms with E-state index in [-0.39, 0.29) is 18.0 Å². The van der Waals surface area contributed by atoms with Crippen LogP contribution in [0.15, 0.2) is 23.0 Å². The Morgan fingerprint density at radius 3 is 2.58 bits per heavy atom. The molecule has 0 unspecified atom stereocenters. The van der Waals surface area contributed by atoms with Gasteiger partial charge in [0.2, 0.25) is 0 Å². The number of epoxide rings is 1. The molecule has 2 aliphatic carbocycles. The largest absolute Gasteiger partial charge is 0.472 e. The SMILES string of the molecule is C[C@]12C[C@@H]3O[C@@]3(C)[C@@]3(C[C@H](c4ccoc4)OC3=O)[C@]13CC[C@@]2(C)C(=O)O3. The van der Waals surface area contributed by atoms with Crippen LogP contribution in [0.5, 0.6) is 0 Å². The highest BCUT2D eigenvalue weighted by Crippen LogP contribution is 2.82. The van der Waals surface area contributed by atoms with Crippen LogP contribution in [0.4, 0.5) is 0 Å². The van der Waals surface area contributed by atoms with Gasteiger partial charge in [-0.05, 0) is 39.2 Å². The van der Waals surface area contributed by atoms with Gasteiger partial charge >= 0.3 is 11.9 Å². The van der Waals surface area contributed by atoms with Crippen molar-refractivity contribution in [3.05, 3.63) is 24.2 Å². The Morgan fingerprint density at radius 2 is 1.88 bits per heavy atom. The van der Waals surface area contributed by atoms with Gasteiger partial charge in [-0.1, -0.05) is 6.92 Å². The second kappa shape index (κ2) is 3.88. The van der Waals surface area contributed by atoms with Crippen molar-refractivity contribution in [2.24, 2.45) is 16.2 Å². The molecular formula is C20H22O6. The van der Waals surface area contributed by atoms with E-state index in [1.807, 2.05) is 19.9 Å². The predicted molar refractivity (Wildman–Crippen MR) is 86.8 cm³/mol. The van der Waals surface area contributed by atoms with Gasteiger partial charge in [-0.3, -0.25) is 9.59 Å². The molecule has 0 aromatic carbocycles. The van der Waals surface area contributed by atoms with Crippen molar-refractivity contribution >= 4 is 11.9 Å². The Bertz CT molecular complexity index is 862. The van der Waals surface area contributed by atoms with Crippen LogP contribution in [0.1, 0.15) is 58.1 Å². The summed E-state index contributed by atoms with van der Waals surface area (Å²) >= 11 is 0. The van der Waals surface area contributed by atoms with Crippen LogP contribution in [0, 0.1) is 16.2 Å². The number of hydrogen-bond donors (Lipinski definition) is 0. The summed E-state index contributed by atoms with van der Waals surface area (Å²) in [4.78, 5) is 26.3. The average molecular weight is 358 g/mol. The number of furan rings is 1. The Hall–Kier alpha value is -1.82. The van der Waals surface area contributed by atoms with Crippen LogP contribution < -0.4 is 0 Å². The number of carbonyl (C=O) groups is 2. The number of ether oxygens (including phenoxy) is 3. The van der Waals surface area contributed by atoms with Crippen molar-refractivity contribution in [2.45, 2.75) is 69.9 Å². The van der Waals surface area contributed by atoms with Gasteiger partial charge in [-0.25, -0.2) is 0 Å². The molecule has 6 nitrogen and oxygen atoms in total. The Morgan fingerprint density at radius 1 is 1.08 bits per heavy atom. The smallest absolute Gasteiger partial charge is 0.320 e. The lowest BCUT2D eigenvalue weighted by atomic mass is 9.46. The summed E-state index contributed by atoms with van der Waals surface area (Å²) in [6.45, 7) is 6.11. The van der Waals surface area contributed by atoms with Crippen molar-refractivity contribution in [3.63, 3.8) is 0 Å². The summed E-state index contributed by atoms with van der Waals surface area (Å²) < 4.78 is 23.4. The minimum absolute atomic E-state index is 0.0387. The molecule has 5 fully saturated rings. The van der Waals surface area contributed by atoms with Crippen molar-refractivity contribution in [1.82, 2.24) is 0 Å². The molecule has 0 radical (unpaired) electrons. The van der Waals surface area contributed by atoms with E-state index in [4.69, 9.17) is 18.6 Å². The second-order valence-corrected chi connectivity index (χ2v) is 9.36. The third kappa shape index (κ3) is 1.17. The summed E-state index contributed by atoms with van der Waals surface area (Å²) in [5.41, 5.74) is -2.63. The molecule has 1 aromatic rings. The van der Waals surface area contributed by atoms with Gasteiger partial charge in [0.15, 0.2) is 0 Å². The zero-order chi connectivity index (χ0) is 18.2. The standard InChI is InChI=1S/C20H22O6/c1-16-5-6-20(26-14(16)21)17(16,2)9-13-18(3,25-13)19(20)8-12(24-15(19)22)11-4-7-23-10-11/h4,7,10,12-13H,5-6,8-9H2,1-3H3/t12-,13+,16+,17-,18-,19+,20+/m1/s1. The molecule has 138 valence electrons.